The van der Waals surface area contributed by atoms with Gasteiger partial charge < -0.3 is 19.9 Å². The Hall–Kier alpha value is -2.86. The van der Waals surface area contributed by atoms with Crippen LogP contribution in [0.4, 0.5) is 4.79 Å². The van der Waals surface area contributed by atoms with Gasteiger partial charge in [-0.15, -0.1) is 0 Å². The van der Waals surface area contributed by atoms with Crippen molar-refractivity contribution >= 4 is 12.1 Å². The topological polar surface area (TPSA) is 84.9 Å². The Morgan fingerprint density at radius 2 is 1.77 bits per heavy atom. The average molecular weight is 409 g/mol. The third-order valence-electron chi connectivity index (χ3n) is 6.06. The van der Waals surface area contributed by atoms with Crippen molar-refractivity contribution in [1.82, 2.24) is 5.32 Å². The number of carboxylic acids is 1. The van der Waals surface area contributed by atoms with Gasteiger partial charge in [0.05, 0.1) is 5.92 Å². The third-order valence-corrected chi connectivity index (χ3v) is 6.06. The van der Waals surface area contributed by atoms with Gasteiger partial charge in [-0.05, 0) is 47.4 Å². The summed E-state index contributed by atoms with van der Waals surface area (Å²) in [7, 11) is 0. The molecule has 2 aromatic rings. The minimum atomic E-state index is -0.903. The fraction of sp³-hybridized carbons (Fsp3) is 0.417. The standard InChI is InChI=1S/C24H27NO5/c26-23(27)17(12-16-6-5-11-29-14-16)13-25-24(28)30-15-22-20-9-3-1-7-18(20)19-8-2-4-10-21(19)22/h1-4,7-10,16-17,22H,5-6,11-15H2,(H,25,28)(H,26,27). The molecule has 1 aliphatic heterocycles. The number of rotatable bonds is 7. The van der Waals surface area contributed by atoms with Crippen LogP contribution in [-0.2, 0) is 14.3 Å². The summed E-state index contributed by atoms with van der Waals surface area (Å²) in [6.07, 6.45) is 1.84. The van der Waals surface area contributed by atoms with E-state index >= 15 is 0 Å². The highest BCUT2D eigenvalue weighted by Gasteiger charge is 2.29. The molecule has 1 saturated heterocycles. The van der Waals surface area contributed by atoms with Crippen molar-refractivity contribution in [2.75, 3.05) is 26.4 Å². The molecule has 30 heavy (non-hydrogen) atoms. The number of alkyl carbamates (subject to hydrolysis) is 1. The molecule has 2 atom stereocenters. The Morgan fingerprint density at radius 1 is 1.10 bits per heavy atom. The Labute approximate surface area is 176 Å². The molecule has 0 radical (unpaired) electrons. The summed E-state index contributed by atoms with van der Waals surface area (Å²) >= 11 is 0. The molecule has 2 aromatic carbocycles. The van der Waals surface area contributed by atoms with Crippen molar-refractivity contribution in [3.05, 3.63) is 59.7 Å². The third kappa shape index (κ3) is 4.49. The number of nitrogens with one attached hydrogen (secondary N) is 1. The Morgan fingerprint density at radius 3 is 2.37 bits per heavy atom. The van der Waals surface area contributed by atoms with Crippen LogP contribution in [0.25, 0.3) is 11.1 Å². The molecule has 0 aromatic heterocycles. The number of carboxylic acid groups (broad SMARTS) is 1. The molecule has 158 valence electrons. The van der Waals surface area contributed by atoms with Crippen LogP contribution in [0.2, 0.25) is 0 Å². The van der Waals surface area contributed by atoms with Crippen molar-refractivity contribution in [1.29, 1.82) is 0 Å². The summed E-state index contributed by atoms with van der Waals surface area (Å²) in [6.45, 7) is 1.61. The minimum Gasteiger partial charge on any atom is -0.481 e. The average Bonchev–Trinajstić information content (AvgIpc) is 3.09. The molecule has 1 fully saturated rings. The molecule has 1 amide bonds. The lowest BCUT2D eigenvalue weighted by molar-refractivity contribution is -0.142. The number of carbonyl (C=O) groups is 2. The predicted octanol–water partition coefficient (Wildman–Crippen LogP) is 4.04. The number of ether oxygens (including phenoxy) is 2. The van der Waals surface area contributed by atoms with E-state index in [0.29, 0.717) is 13.0 Å². The largest absolute Gasteiger partial charge is 0.481 e. The van der Waals surface area contributed by atoms with E-state index in [1.165, 1.54) is 11.1 Å². The SMILES string of the molecule is O=C(NCC(CC1CCCOC1)C(=O)O)OCC1c2ccccc2-c2ccccc21. The van der Waals surface area contributed by atoms with Crippen LogP contribution in [0.1, 0.15) is 36.3 Å². The molecule has 0 saturated carbocycles. The molecule has 6 nitrogen and oxygen atoms in total. The van der Waals surface area contributed by atoms with Gasteiger partial charge in [-0.3, -0.25) is 4.79 Å². The van der Waals surface area contributed by atoms with Crippen LogP contribution in [0.5, 0.6) is 0 Å². The highest BCUT2D eigenvalue weighted by atomic mass is 16.5. The van der Waals surface area contributed by atoms with Gasteiger partial charge in [0.15, 0.2) is 0 Å². The van der Waals surface area contributed by atoms with Crippen LogP contribution in [0.3, 0.4) is 0 Å². The molecule has 1 heterocycles. The maximum atomic E-state index is 12.3. The van der Waals surface area contributed by atoms with Gasteiger partial charge in [0.2, 0.25) is 0 Å². The lowest BCUT2D eigenvalue weighted by atomic mass is 9.90. The van der Waals surface area contributed by atoms with Crippen molar-refractivity contribution in [3.8, 4) is 11.1 Å². The molecule has 2 aliphatic rings. The van der Waals surface area contributed by atoms with Gasteiger partial charge in [0, 0.05) is 25.7 Å². The summed E-state index contributed by atoms with van der Waals surface area (Å²) < 4.78 is 10.9. The fourth-order valence-corrected chi connectivity index (χ4v) is 4.52. The molecule has 0 spiro atoms. The number of carbonyl (C=O) groups excluding carboxylic acids is 1. The number of amides is 1. The first-order valence-corrected chi connectivity index (χ1v) is 10.5. The molecule has 2 N–H and O–H groups in total. The highest BCUT2D eigenvalue weighted by Crippen LogP contribution is 2.44. The van der Waals surface area contributed by atoms with Gasteiger partial charge in [0.25, 0.3) is 0 Å². The normalized spacial score (nSPS) is 18.9. The number of aliphatic carboxylic acids is 1. The Kier molecular flexibility index (Phi) is 6.33. The Bertz CT molecular complexity index is 860. The van der Waals surface area contributed by atoms with E-state index in [-0.39, 0.29) is 25.0 Å². The van der Waals surface area contributed by atoms with Crippen molar-refractivity contribution in [2.24, 2.45) is 11.8 Å². The zero-order chi connectivity index (χ0) is 20.9. The van der Waals surface area contributed by atoms with Crippen LogP contribution in [0.15, 0.2) is 48.5 Å². The van der Waals surface area contributed by atoms with Gasteiger partial charge >= 0.3 is 12.1 Å². The summed E-state index contributed by atoms with van der Waals surface area (Å²) in [5.41, 5.74) is 4.63. The summed E-state index contributed by atoms with van der Waals surface area (Å²) in [6, 6.07) is 16.3. The number of benzene rings is 2. The second-order valence-electron chi connectivity index (χ2n) is 8.06. The number of hydrogen-bond acceptors (Lipinski definition) is 4. The molecule has 6 heteroatoms. The fourth-order valence-electron chi connectivity index (χ4n) is 4.52. The van der Waals surface area contributed by atoms with E-state index in [1.807, 2.05) is 24.3 Å². The maximum Gasteiger partial charge on any atom is 0.407 e. The second-order valence-corrected chi connectivity index (χ2v) is 8.06. The zero-order valence-electron chi connectivity index (χ0n) is 16.9. The summed E-state index contributed by atoms with van der Waals surface area (Å²) in [5, 5.41) is 12.1. The van der Waals surface area contributed by atoms with Crippen molar-refractivity contribution in [3.63, 3.8) is 0 Å². The lowest BCUT2D eigenvalue weighted by Gasteiger charge is -2.25. The molecule has 4 rings (SSSR count). The van der Waals surface area contributed by atoms with Crippen molar-refractivity contribution < 1.29 is 24.2 Å². The molecule has 0 bridgehead atoms. The molecule has 2 unspecified atom stereocenters. The minimum absolute atomic E-state index is 0.0159. The van der Waals surface area contributed by atoms with E-state index in [2.05, 4.69) is 29.6 Å². The van der Waals surface area contributed by atoms with Crippen LogP contribution >= 0.6 is 0 Å². The van der Waals surface area contributed by atoms with Crippen LogP contribution in [0, 0.1) is 11.8 Å². The quantitative estimate of drug-likeness (QED) is 0.721. The van der Waals surface area contributed by atoms with Crippen LogP contribution < -0.4 is 5.32 Å². The predicted molar refractivity (Wildman–Crippen MR) is 112 cm³/mol. The van der Waals surface area contributed by atoms with E-state index in [0.717, 1.165) is 30.6 Å². The van der Waals surface area contributed by atoms with Gasteiger partial charge in [0.1, 0.15) is 6.61 Å². The Balaban J connectivity index is 1.33. The number of hydrogen-bond donors (Lipinski definition) is 2. The van der Waals surface area contributed by atoms with E-state index in [1.54, 1.807) is 0 Å². The lowest BCUT2D eigenvalue weighted by Crippen LogP contribution is -2.36. The first-order valence-electron chi connectivity index (χ1n) is 10.5. The maximum absolute atomic E-state index is 12.3. The zero-order valence-corrected chi connectivity index (χ0v) is 16.9. The van der Waals surface area contributed by atoms with Crippen molar-refractivity contribution in [2.45, 2.75) is 25.2 Å². The summed E-state index contributed by atoms with van der Waals surface area (Å²) in [5.74, 6) is -1.33. The van der Waals surface area contributed by atoms with E-state index < -0.39 is 18.0 Å². The van der Waals surface area contributed by atoms with E-state index in [4.69, 9.17) is 9.47 Å². The molecule has 1 aliphatic carbocycles. The first-order chi connectivity index (χ1) is 14.6. The smallest absolute Gasteiger partial charge is 0.407 e. The number of fused-ring (bicyclic) bond motifs is 3. The van der Waals surface area contributed by atoms with Gasteiger partial charge in [-0.2, -0.15) is 0 Å². The van der Waals surface area contributed by atoms with Gasteiger partial charge in [-0.25, -0.2) is 4.79 Å². The summed E-state index contributed by atoms with van der Waals surface area (Å²) in [4.78, 5) is 23.9. The first kappa shape index (κ1) is 20.4. The highest BCUT2D eigenvalue weighted by molar-refractivity contribution is 5.79. The monoisotopic (exact) mass is 409 g/mol. The second kappa shape index (κ2) is 9.30. The van der Waals surface area contributed by atoms with E-state index in [9.17, 15) is 14.7 Å². The van der Waals surface area contributed by atoms with Crippen LogP contribution in [-0.4, -0.2) is 43.5 Å². The molecular formula is C24H27NO5. The van der Waals surface area contributed by atoms with Gasteiger partial charge in [-0.1, -0.05) is 48.5 Å². The molecular weight excluding hydrogens is 382 g/mol.